The van der Waals surface area contributed by atoms with Crippen molar-refractivity contribution < 1.29 is 4.79 Å². The van der Waals surface area contributed by atoms with Gasteiger partial charge in [0.15, 0.2) is 0 Å². The Labute approximate surface area is 109 Å². The summed E-state index contributed by atoms with van der Waals surface area (Å²) >= 11 is 0. The molecule has 1 heterocycles. The highest BCUT2D eigenvalue weighted by Crippen LogP contribution is 2.22. The number of nitrogens with one attached hydrogen (secondary N) is 1. The summed E-state index contributed by atoms with van der Waals surface area (Å²) in [4.78, 5) is 12.1. The summed E-state index contributed by atoms with van der Waals surface area (Å²) in [5, 5.41) is 3.01. The van der Waals surface area contributed by atoms with E-state index in [2.05, 4.69) is 9.88 Å². The molecule has 1 saturated carbocycles. The summed E-state index contributed by atoms with van der Waals surface area (Å²) in [7, 11) is 0. The molecule has 1 fully saturated rings. The maximum Gasteiger partial charge on any atom is 0.224 e. The number of hydrogen-bond acceptors (Lipinski definition) is 2. The van der Waals surface area contributed by atoms with Crippen LogP contribution in [0.15, 0.2) is 24.5 Å². The fraction of sp³-hybridized carbons (Fsp3) is 0.643. The molecule has 1 aromatic rings. The van der Waals surface area contributed by atoms with Crippen molar-refractivity contribution in [1.82, 2.24) is 9.88 Å². The Morgan fingerprint density at radius 2 is 1.94 bits per heavy atom. The largest absolute Gasteiger partial charge is 0.354 e. The highest BCUT2D eigenvalue weighted by molar-refractivity contribution is 5.79. The Kier molecular flexibility index (Phi) is 4.81. The Balaban J connectivity index is 1.76. The number of carbonyl (C=O) groups is 1. The summed E-state index contributed by atoms with van der Waals surface area (Å²) < 4.78 is 2.06. The Morgan fingerprint density at radius 3 is 2.72 bits per heavy atom. The van der Waals surface area contributed by atoms with Crippen LogP contribution >= 0.6 is 0 Å². The summed E-state index contributed by atoms with van der Waals surface area (Å²) in [5.41, 5.74) is 6.08. The molecule has 0 saturated heterocycles. The summed E-state index contributed by atoms with van der Waals surface area (Å²) in [6.07, 6.45) is 9.43. The van der Waals surface area contributed by atoms with Gasteiger partial charge in [-0.15, -0.1) is 0 Å². The first-order valence-electron chi connectivity index (χ1n) is 6.91. The molecule has 2 atom stereocenters. The predicted molar refractivity (Wildman–Crippen MR) is 72.0 cm³/mol. The molecule has 0 aliphatic heterocycles. The van der Waals surface area contributed by atoms with Crippen molar-refractivity contribution in [2.24, 2.45) is 11.7 Å². The van der Waals surface area contributed by atoms with Gasteiger partial charge in [-0.25, -0.2) is 0 Å². The van der Waals surface area contributed by atoms with Crippen LogP contribution in [0.5, 0.6) is 0 Å². The van der Waals surface area contributed by atoms with Crippen LogP contribution < -0.4 is 11.1 Å². The summed E-state index contributed by atoms with van der Waals surface area (Å²) in [5.74, 6) is 0.147. The van der Waals surface area contributed by atoms with Crippen molar-refractivity contribution in [3.8, 4) is 0 Å². The van der Waals surface area contributed by atoms with Crippen molar-refractivity contribution in [1.29, 1.82) is 0 Å². The average molecular weight is 249 g/mol. The van der Waals surface area contributed by atoms with Gasteiger partial charge in [-0.05, 0) is 25.0 Å². The second kappa shape index (κ2) is 6.59. The number of carbonyl (C=O) groups excluding carboxylic acids is 1. The van der Waals surface area contributed by atoms with Gasteiger partial charge in [0, 0.05) is 31.5 Å². The van der Waals surface area contributed by atoms with E-state index >= 15 is 0 Å². The molecule has 1 aromatic heterocycles. The van der Waals surface area contributed by atoms with Gasteiger partial charge in [0.25, 0.3) is 0 Å². The molecular formula is C14H23N3O. The molecule has 0 aromatic carbocycles. The molecule has 1 aliphatic rings. The lowest BCUT2D eigenvalue weighted by atomic mass is 9.94. The zero-order valence-corrected chi connectivity index (χ0v) is 10.8. The van der Waals surface area contributed by atoms with Gasteiger partial charge in [-0.2, -0.15) is 0 Å². The zero-order chi connectivity index (χ0) is 12.8. The van der Waals surface area contributed by atoms with Crippen LogP contribution in [0.2, 0.25) is 0 Å². The SMILES string of the molecule is NC1CCCCCC1C(=O)NCCn1cccc1. The lowest BCUT2D eigenvalue weighted by molar-refractivity contribution is -0.125. The van der Waals surface area contributed by atoms with E-state index in [1.807, 2.05) is 24.5 Å². The maximum atomic E-state index is 12.1. The van der Waals surface area contributed by atoms with Crippen LogP contribution in [-0.4, -0.2) is 23.1 Å². The first-order chi connectivity index (χ1) is 8.77. The van der Waals surface area contributed by atoms with Gasteiger partial charge in [-0.3, -0.25) is 4.79 Å². The van der Waals surface area contributed by atoms with E-state index in [-0.39, 0.29) is 17.9 Å². The van der Waals surface area contributed by atoms with Crippen LogP contribution in [0.25, 0.3) is 0 Å². The highest BCUT2D eigenvalue weighted by atomic mass is 16.1. The fourth-order valence-electron chi connectivity index (χ4n) is 2.62. The van der Waals surface area contributed by atoms with Crippen LogP contribution in [0.1, 0.15) is 32.1 Å². The monoisotopic (exact) mass is 249 g/mol. The minimum Gasteiger partial charge on any atom is -0.354 e. The summed E-state index contributed by atoms with van der Waals surface area (Å²) in [6, 6.07) is 4.02. The van der Waals surface area contributed by atoms with E-state index in [4.69, 9.17) is 5.73 Å². The van der Waals surface area contributed by atoms with E-state index in [0.29, 0.717) is 6.54 Å². The number of hydrogen-bond donors (Lipinski definition) is 2. The number of aromatic nitrogens is 1. The number of rotatable bonds is 4. The van der Waals surface area contributed by atoms with E-state index in [0.717, 1.165) is 32.2 Å². The van der Waals surface area contributed by atoms with Crippen molar-refractivity contribution in [3.05, 3.63) is 24.5 Å². The molecule has 4 heteroatoms. The first-order valence-corrected chi connectivity index (χ1v) is 6.91. The Morgan fingerprint density at radius 1 is 1.22 bits per heavy atom. The molecule has 1 aliphatic carbocycles. The van der Waals surface area contributed by atoms with Crippen molar-refractivity contribution >= 4 is 5.91 Å². The lowest BCUT2D eigenvalue weighted by Crippen LogP contribution is -2.42. The molecule has 3 N–H and O–H groups in total. The molecular weight excluding hydrogens is 226 g/mol. The van der Waals surface area contributed by atoms with Gasteiger partial charge in [0.1, 0.15) is 0 Å². The van der Waals surface area contributed by atoms with Gasteiger partial charge in [-0.1, -0.05) is 19.3 Å². The van der Waals surface area contributed by atoms with Crippen LogP contribution in [0, 0.1) is 5.92 Å². The second-order valence-corrected chi connectivity index (χ2v) is 5.12. The molecule has 18 heavy (non-hydrogen) atoms. The van der Waals surface area contributed by atoms with Gasteiger partial charge in [0.05, 0.1) is 5.92 Å². The number of amides is 1. The predicted octanol–water partition coefficient (Wildman–Crippen LogP) is 1.51. The Bertz CT molecular complexity index is 361. The van der Waals surface area contributed by atoms with E-state index < -0.39 is 0 Å². The van der Waals surface area contributed by atoms with E-state index in [9.17, 15) is 4.79 Å². The van der Waals surface area contributed by atoms with Gasteiger partial charge >= 0.3 is 0 Å². The third-order valence-electron chi connectivity index (χ3n) is 3.74. The lowest BCUT2D eigenvalue weighted by Gasteiger charge is -2.20. The third-order valence-corrected chi connectivity index (χ3v) is 3.74. The van der Waals surface area contributed by atoms with Crippen molar-refractivity contribution in [2.45, 2.75) is 44.7 Å². The minimum absolute atomic E-state index is 0.0113. The number of nitrogens with two attached hydrogens (primary N) is 1. The topological polar surface area (TPSA) is 60.1 Å². The zero-order valence-electron chi connectivity index (χ0n) is 10.8. The van der Waals surface area contributed by atoms with Gasteiger partial charge in [0.2, 0.25) is 5.91 Å². The molecule has 100 valence electrons. The molecule has 2 rings (SSSR count). The van der Waals surface area contributed by atoms with Crippen molar-refractivity contribution in [3.63, 3.8) is 0 Å². The van der Waals surface area contributed by atoms with Crippen molar-refractivity contribution in [2.75, 3.05) is 6.54 Å². The quantitative estimate of drug-likeness (QED) is 0.795. The Hall–Kier alpha value is -1.29. The average Bonchev–Trinajstić information content (AvgIpc) is 2.77. The van der Waals surface area contributed by atoms with E-state index in [1.165, 1.54) is 6.42 Å². The van der Waals surface area contributed by atoms with Gasteiger partial charge < -0.3 is 15.6 Å². The standard InChI is InChI=1S/C14H23N3O/c15-13-7-3-1-2-6-12(13)14(18)16-8-11-17-9-4-5-10-17/h4-5,9-10,12-13H,1-3,6-8,11,15H2,(H,16,18). The molecule has 0 bridgehead atoms. The smallest absolute Gasteiger partial charge is 0.224 e. The highest BCUT2D eigenvalue weighted by Gasteiger charge is 2.26. The second-order valence-electron chi connectivity index (χ2n) is 5.12. The fourth-order valence-corrected chi connectivity index (χ4v) is 2.62. The third kappa shape index (κ3) is 3.60. The normalized spacial score (nSPS) is 24.5. The molecule has 0 spiro atoms. The maximum absolute atomic E-state index is 12.1. The molecule has 0 radical (unpaired) electrons. The minimum atomic E-state index is 0.0113. The first kappa shape index (κ1) is 13.1. The van der Waals surface area contributed by atoms with Crippen LogP contribution in [-0.2, 0) is 11.3 Å². The molecule has 4 nitrogen and oxygen atoms in total. The number of nitrogens with zero attached hydrogens (tertiary/aromatic N) is 1. The molecule has 2 unspecified atom stereocenters. The van der Waals surface area contributed by atoms with Crippen LogP contribution in [0.3, 0.4) is 0 Å². The van der Waals surface area contributed by atoms with E-state index in [1.54, 1.807) is 0 Å². The summed E-state index contributed by atoms with van der Waals surface area (Å²) in [6.45, 7) is 1.50. The van der Waals surface area contributed by atoms with Crippen LogP contribution in [0.4, 0.5) is 0 Å². The molecule has 1 amide bonds.